The van der Waals surface area contributed by atoms with Crippen LogP contribution in [0.2, 0.25) is 0 Å². The monoisotopic (exact) mass is 326 g/mol. The van der Waals surface area contributed by atoms with E-state index in [2.05, 4.69) is 31.3 Å². The van der Waals surface area contributed by atoms with Gasteiger partial charge in [0.25, 0.3) is 0 Å². The molecule has 0 aromatic heterocycles. The molecule has 2 aromatic rings. The van der Waals surface area contributed by atoms with E-state index in [1.165, 1.54) is 5.56 Å². The van der Waals surface area contributed by atoms with E-state index in [-0.39, 0.29) is 5.91 Å². The highest BCUT2D eigenvalue weighted by Gasteiger charge is 2.08. The van der Waals surface area contributed by atoms with Crippen LogP contribution in [0.25, 0.3) is 0 Å². The second-order valence-electron chi connectivity index (χ2n) is 6.12. The minimum Gasteiger partial charge on any atom is -0.492 e. The maximum Gasteiger partial charge on any atom is 0.239 e. The molecule has 4 nitrogen and oxygen atoms in total. The van der Waals surface area contributed by atoms with E-state index in [0.29, 0.717) is 25.6 Å². The number of nitrogens with one attached hydrogen (secondary N) is 1. The molecule has 4 heteroatoms. The Bertz CT molecular complexity index is 641. The summed E-state index contributed by atoms with van der Waals surface area (Å²) in [6, 6.07) is 17.9. The molecule has 1 amide bonds. The van der Waals surface area contributed by atoms with Crippen molar-refractivity contribution in [2.45, 2.75) is 19.8 Å². The van der Waals surface area contributed by atoms with Crippen molar-refractivity contribution in [2.24, 2.45) is 0 Å². The number of carbonyl (C=O) groups excluding carboxylic acids is 1. The Labute approximate surface area is 144 Å². The van der Waals surface area contributed by atoms with Crippen molar-refractivity contribution >= 4 is 11.6 Å². The van der Waals surface area contributed by atoms with Crippen LogP contribution in [-0.2, 0) is 4.79 Å². The van der Waals surface area contributed by atoms with Gasteiger partial charge in [-0.3, -0.25) is 4.79 Å². The zero-order chi connectivity index (χ0) is 17.4. The molecule has 0 unspecified atom stereocenters. The summed E-state index contributed by atoms with van der Waals surface area (Å²) in [5, 5.41) is 2.89. The molecule has 24 heavy (non-hydrogen) atoms. The van der Waals surface area contributed by atoms with Crippen molar-refractivity contribution in [3.8, 4) is 5.75 Å². The molecule has 0 atom stereocenters. The molecule has 0 radical (unpaired) electrons. The van der Waals surface area contributed by atoms with Crippen molar-refractivity contribution in [1.82, 2.24) is 5.32 Å². The van der Waals surface area contributed by atoms with Gasteiger partial charge in [0, 0.05) is 12.7 Å². The predicted molar refractivity (Wildman–Crippen MR) is 98.7 cm³/mol. The second-order valence-corrected chi connectivity index (χ2v) is 6.12. The molecule has 0 fully saturated rings. The van der Waals surface area contributed by atoms with Crippen LogP contribution in [0, 0.1) is 0 Å². The third-order valence-corrected chi connectivity index (χ3v) is 3.79. The van der Waals surface area contributed by atoms with Gasteiger partial charge in [0.2, 0.25) is 5.91 Å². The number of carbonyl (C=O) groups is 1. The molecule has 0 spiro atoms. The van der Waals surface area contributed by atoms with Gasteiger partial charge in [0.15, 0.2) is 0 Å². The summed E-state index contributed by atoms with van der Waals surface area (Å²) in [7, 11) is 1.93. The Morgan fingerprint density at radius 1 is 1.12 bits per heavy atom. The summed E-state index contributed by atoms with van der Waals surface area (Å²) >= 11 is 0. The van der Waals surface area contributed by atoms with Crippen LogP contribution >= 0.6 is 0 Å². The SMILES string of the molecule is CC(C)c1cccc(N(C)CC(=O)NCCOc2ccccc2)c1. The quantitative estimate of drug-likeness (QED) is 0.756. The van der Waals surface area contributed by atoms with E-state index in [0.717, 1.165) is 11.4 Å². The lowest BCUT2D eigenvalue weighted by Crippen LogP contribution is -2.37. The van der Waals surface area contributed by atoms with Gasteiger partial charge < -0.3 is 15.0 Å². The van der Waals surface area contributed by atoms with Crippen molar-refractivity contribution in [3.05, 3.63) is 60.2 Å². The summed E-state index contributed by atoms with van der Waals surface area (Å²) in [5.41, 5.74) is 2.33. The molecule has 0 heterocycles. The van der Waals surface area contributed by atoms with Gasteiger partial charge in [0.1, 0.15) is 12.4 Å². The number of ether oxygens (including phenoxy) is 1. The minimum absolute atomic E-state index is 0.0101. The van der Waals surface area contributed by atoms with Crippen LogP contribution in [0.15, 0.2) is 54.6 Å². The lowest BCUT2D eigenvalue weighted by atomic mass is 10.0. The standard InChI is InChI=1S/C20H26N2O2/c1-16(2)17-8-7-9-18(14-17)22(3)15-20(23)21-12-13-24-19-10-5-4-6-11-19/h4-11,14,16H,12-13,15H2,1-3H3,(H,21,23). The van der Waals surface area contributed by atoms with Crippen LogP contribution in [0.3, 0.4) is 0 Å². The molecule has 128 valence electrons. The lowest BCUT2D eigenvalue weighted by Gasteiger charge is -2.20. The van der Waals surface area contributed by atoms with E-state index in [4.69, 9.17) is 4.74 Å². The molecule has 0 saturated carbocycles. The van der Waals surface area contributed by atoms with Crippen LogP contribution in [0.1, 0.15) is 25.3 Å². The zero-order valence-corrected chi connectivity index (χ0v) is 14.7. The highest BCUT2D eigenvalue weighted by molar-refractivity contribution is 5.81. The fourth-order valence-electron chi connectivity index (χ4n) is 2.36. The first kappa shape index (κ1) is 17.9. The third kappa shape index (κ3) is 5.61. The maximum absolute atomic E-state index is 12.0. The topological polar surface area (TPSA) is 41.6 Å². The Hall–Kier alpha value is -2.49. The highest BCUT2D eigenvalue weighted by Crippen LogP contribution is 2.20. The largest absolute Gasteiger partial charge is 0.492 e. The molecule has 0 aliphatic carbocycles. The number of rotatable bonds is 8. The third-order valence-electron chi connectivity index (χ3n) is 3.79. The van der Waals surface area contributed by atoms with Crippen molar-refractivity contribution in [1.29, 1.82) is 0 Å². The van der Waals surface area contributed by atoms with Crippen LogP contribution in [0.4, 0.5) is 5.69 Å². The Balaban J connectivity index is 1.74. The average molecular weight is 326 g/mol. The Morgan fingerprint density at radius 2 is 1.88 bits per heavy atom. The molecular weight excluding hydrogens is 300 g/mol. The fraction of sp³-hybridized carbons (Fsp3) is 0.350. The zero-order valence-electron chi connectivity index (χ0n) is 14.7. The number of para-hydroxylation sites is 1. The molecule has 1 N–H and O–H groups in total. The molecule has 0 saturated heterocycles. The highest BCUT2D eigenvalue weighted by atomic mass is 16.5. The fourth-order valence-corrected chi connectivity index (χ4v) is 2.36. The van der Waals surface area contributed by atoms with Crippen molar-refractivity contribution < 1.29 is 9.53 Å². The van der Waals surface area contributed by atoms with Gasteiger partial charge in [-0.15, -0.1) is 0 Å². The van der Waals surface area contributed by atoms with Gasteiger partial charge in [-0.25, -0.2) is 0 Å². The summed E-state index contributed by atoms with van der Waals surface area (Å²) in [6.45, 7) is 5.61. The average Bonchev–Trinajstić information content (AvgIpc) is 2.59. The summed E-state index contributed by atoms with van der Waals surface area (Å²) in [4.78, 5) is 14.0. The number of amides is 1. The Morgan fingerprint density at radius 3 is 2.58 bits per heavy atom. The number of anilines is 1. The first-order chi connectivity index (χ1) is 11.6. The number of hydrogen-bond acceptors (Lipinski definition) is 3. The van der Waals surface area contributed by atoms with Crippen LogP contribution in [-0.4, -0.2) is 32.7 Å². The smallest absolute Gasteiger partial charge is 0.239 e. The Kier molecular flexibility index (Phi) is 6.67. The molecule has 0 aliphatic heterocycles. The van der Waals surface area contributed by atoms with Gasteiger partial charge >= 0.3 is 0 Å². The maximum atomic E-state index is 12.0. The van der Waals surface area contributed by atoms with E-state index >= 15 is 0 Å². The predicted octanol–water partition coefficient (Wildman–Crippen LogP) is 3.44. The first-order valence-corrected chi connectivity index (χ1v) is 8.32. The molecule has 0 bridgehead atoms. The summed E-state index contributed by atoms with van der Waals surface area (Å²) in [6.07, 6.45) is 0. The van der Waals surface area contributed by atoms with E-state index in [9.17, 15) is 4.79 Å². The number of hydrogen-bond donors (Lipinski definition) is 1. The summed E-state index contributed by atoms with van der Waals surface area (Å²) < 4.78 is 5.56. The van der Waals surface area contributed by atoms with Gasteiger partial charge in [0.05, 0.1) is 13.1 Å². The normalized spacial score (nSPS) is 10.5. The summed E-state index contributed by atoms with van der Waals surface area (Å²) in [5.74, 6) is 1.28. The van der Waals surface area contributed by atoms with E-state index < -0.39 is 0 Å². The van der Waals surface area contributed by atoms with Gasteiger partial charge in [-0.05, 0) is 35.7 Å². The molecule has 2 rings (SSSR count). The lowest BCUT2D eigenvalue weighted by molar-refractivity contribution is -0.119. The minimum atomic E-state index is -0.0101. The first-order valence-electron chi connectivity index (χ1n) is 8.32. The van der Waals surface area contributed by atoms with Crippen molar-refractivity contribution in [3.63, 3.8) is 0 Å². The van der Waals surface area contributed by atoms with Crippen LogP contribution in [0.5, 0.6) is 5.75 Å². The molecule has 2 aromatic carbocycles. The van der Waals surface area contributed by atoms with Crippen molar-refractivity contribution in [2.75, 3.05) is 31.6 Å². The molecule has 0 aliphatic rings. The molecular formula is C20H26N2O2. The van der Waals surface area contributed by atoms with Crippen LogP contribution < -0.4 is 15.0 Å². The van der Waals surface area contributed by atoms with E-state index in [1.807, 2.05) is 54.4 Å². The second kappa shape index (κ2) is 8.96. The number of nitrogens with zero attached hydrogens (tertiary/aromatic N) is 1. The number of benzene rings is 2. The number of likely N-dealkylation sites (N-methyl/N-ethyl adjacent to an activating group) is 1. The van der Waals surface area contributed by atoms with Gasteiger partial charge in [-0.2, -0.15) is 0 Å². The van der Waals surface area contributed by atoms with Gasteiger partial charge in [-0.1, -0.05) is 44.2 Å². The van der Waals surface area contributed by atoms with E-state index in [1.54, 1.807) is 0 Å².